The molecule has 2 rings (SSSR count). The van der Waals surface area contributed by atoms with Crippen LogP contribution in [0.2, 0.25) is 0 Å². The number of carbonyl (C=O) groups excluding carboxylic acids is 2. The fourth-order valence-electron chi connectivity index (χ4n) is 2.45. The molecule has 130 valence electrons. The Morgan fingerprint density at radius 3 is 2.67 bits per heavy atom. The Labute approximate surface area is 143 Å². The Morgan fingerprint density at radius 1 is 1.21 bits per heavy atom. The Bertz CT molecular complexity index is 565. The maximum absolute atomic E-state index is 11.7. The van der Waals surface area contributed by atoms with Crippen LogP contribution in [-0.2, 0) is 19.1 Å². The lowest BCUT2D eigenvalue weighted by Gasteiger charge is -2.15. The number of hydrogen-bond acceptors (Lipinski definition) is 4. The lowest BCUT2D eigenvalue weighted by atomic mass is 10.2. The molecule has 0 unspecified atom stereocenters. The van der Waals surface area contributed by atoms with E-state index in [1.165, 1.54) is 6.08 Å². The molecule has 1 saturated heterocycles. The van der Waals surface area contributed by atoms with Crippen molar-refractivity contribution in [2.24, 2.45) is 0 Å². The van der Waals surface area contributed by atoms with E-state index in [4.69, 9.17) is 9.47 Å². The van der Waals surface area contributed by atoms with Gasteiger partial charge in [0.05, 0.1) is 6.61 Å². The molecule has 1 aliphatic rings. The van der Waals surface area contributed by atoms with E-state index in [9.17, 15) is 9.59 Å². The summed E-state index contributed by atoms with van der Waals surface area (Å²) in [5.74, 6) is -0.212. The maximum Gasteiger partial charge on any atom is 0.330 e. The number of carbonyl (C=O) groups is 2. The van der Waals surface area contributed by atoms with Gasteiger partial charge in [-0.3, -0.25) is 4.79 Å². The molecule has 0 atom stereocenters. The van der Waals surface area contributed by atoms with Crippen LogP contribution in [0, 0.1) is 0 Å². The van der Waals surface area contributed by atoms with Crippen molar-refractivity contribution in [3.63, 3.8) is 0 Å². The van der Waals surface area contributed by atoms with E-state index in [0.717, 1.165) is 37.1 Å². The van der Waals surface area contributed by atoms with Gasteiger partial charge in [-0.2, -0.15) is 0 Å². The van der Waals surface area contributed by atoms with Gasteiger partial charge in [0.25, 0.3) is 0 Å². The topological polar surface area (TPSA) is 55.8 Å². The molecule has 1 aromatic rings. The third-order valence-corrected chi connectivity index (χ3v) is 3.80. The minimum Gasteiger partial charge on any atom is -0.460 e. The summed E-state index contributed by atoms with van der Waals surface area (Å²) >= 11 is 0. The fourth-order valence-corrected chi connectivity index (χ4v) is 2.45. The zero-order chi connectivity index (χ0) is 17.2. The first-order valence-electron chi connectivity index (χ1n) is 8.53. The van der Waals surface area contributed by atoms with Gasteiger partial charge in [0, 0.05) is 31.3 Å². The van der Waals surface area contributed by atoms with Crippen molar-refractivity contribution >= 4 is 23.6 Å². The van der Waals surface area contributed by atoms with Crippen molar-refractivity contribution in [3.8, 4) is 0 Å². The summed E-state index contributed by atoms with van der Waals surface area (Å²) in [5, 5.41) is 0. The highest BCUT2D eigenvalue weighted by Gasteiger charge is 2.21. The number of esters is 1. The van der Waals surface area contributed by atoms with Crippen LogP contribution < -0.4 is 4.90 Å². The van der Waals surface area contributed by atoms with Crippen LogP contribution in [0.3, 0.4) is 0 Å². The third kappa shape index (κ3) is 5.81. The number of hydrogen-bond donors (Lipinski definition) is 0. The van der Waals surface area contributed by atoms with Crippen LogP contribution in [0.5, 0.6) is 0 Å². The first-order chi connectivity index (χ1) is 11.7. The van der Waals surface area contributed by atoms with E-state index in [-0.39, 0.29) is 18.5 Å². The standard InChI is InChI=1S/C19H25NO4/c1-2-3-13-23-14-15-24-19(22)11-8-16-6-9-17(10-7-16)20-12-4-5-18(20)21/h6-11H,2-5,12-15H2,1H3/b11-8+. The molecule has 1 amide bonds. The number of anilines is 1. The molecule has 0 spiro atoms. The summed E-state index contributed by atoms with van der Waals surface area (Å²) in [6.45, 7) is 4.28. The molecule has 0 bridgehead atoms. The van der Waals surface area contributed by atoms with Crippen LogP contribution >= 0.6 is 0 Å². The van der Waals surface area contributed by atoms with Crippen molar-refractivity contribution in [2.45, 2.75) is 32.6 Å². The largest absolute Gasteiger partial charge is 0.460 e. The number of amides is 1. The lowest BCUT2D eigenvalue weighted by Crippen LogP contribution is -2.23. The normalized spacial score (nSPS) is 14.5. The van der Waals surface area contributed by atoms with E-state index in [1.807, 2.05) is 24.3 Å². The molecule has 5 nitrogen and oxygen atoms in total. The molecule has 1 aromatic carbocycles. The highest BCUT2D eigenvalue weighted by atomic mass is 16.6. The van der Waals surface area contributed by atoms with Gasteiger partial charge in [-0.15, -0.1) is 0 Å². The van der Waals surface area contributed by atoms with E-state index in [1.54, 1.807) is 11.0 Å². The summed E-state index contributed by atoms with van der Waals surface area (Å²) in [6.07, 6.45) is 6.75. The second kappa shape index (κ2) is 9.88. The zero-order valence-electron chi connectivity index (χ0n) is 14.2. The molecule has 1 heterocycles. The van der Waals surface area contributed by atoms with Crippen molar-refractivity contribution < 1.29 is 19.1 Å². The summed E-state index contributed by atoms with van der Waals surface area (Å²) < 4.78 is 10.4. The molecule has 5 heteroatoms. The van der Waals surface area contributed by atoms with Crippen LogP contribution in [0.15, 0.2) is 30.3 Å². The summed E-state index contributed by atoms with van der Waals surface area (Å²) in [4.78, 5) is 25.1. The highest BCUT2D eigenvalue weighted by molar-refractivity contribution is 5.95. The smallest absolute Gasteiger partial charge is 0.330 e. The number of rotatable bonds is 9. The van der Waals surface area contributed by atoms with E-state index < -0.39 is 0 Å². The Kier molecular flexibility index (Phi) is 7.49. The van der Waals surface area contributed by atoms with Crippen molar-refractivity contribution in [2.75, 3.05) is 31.3 Å². The van der Waals surface area contributed by atoms with Crippen LogP contribution in [0.4, 0.5) is 5.69 Å². The van der Waals surface area contributed by atoms with E-state index in [2.05, 4.69) is 6.92 Å². The molecular weight excluding hydrogens is 306 g/mol. The van der Waals surface area contributed by atoms with Gasteiger partial charge in [-0.25, -0.2) is 4.79 Å². The number of ether oxygens (including phenoxy) is 2. The quantitative estimate of drug-likeness (QED) is 0.396. The molecule has 1 aliphatic heterocycles. The average molecular weight is 331 g/mol. The minimum absolute atomic E-state index is 0.169. The van der Waals surface area contributed by atoms with Crippen molar-refractivity contribution in [1.82, 2.24) is 0 Å². The van der Waals surface area contributed by atoms with Gasteiger partial charge in [0.2, 0.25) is 5.91 Å². The Morgan fingerprint density at radius 2 is 2.00 bits per heavy atom. The third-order valence-electron chi connectivity index (χ3n) is 3.80. The van der Waals surface area contributed by atoms with Crippen LogP contribution in [-0.4, -0.2) is 38.2 Å². The van der Waals surface area contributed by atoms with E-state index in [0.29, 0.717) is 19.6 Å². The van der Waals surface area contributed by atoms with Gasteiger partial charge < -0.3 is 14.4 Å². The van der Waals surface area contributed by atoms with Gasteiger partial charge in [0.1, 0.15) is 6.61 Å². The predicted molar refractivity (Wildman–Crippen MR) is 93.7 cm³/mol. The SMILES string of the molecule is CCCCOCCOC(=O)/C=C/c1ccc(N2CCCC2=O)cc1. The molecule has 0 N–H and O–H groups in total. The second-order valence-electron chi connectivity index (χ2n) is 5.71. The molecule has 0 saturated carbocycles. The summed E-state index contributed by atoms with van der Waals surface area (Å²) in [5.41, 5.74) is 1.79. The first kappa shape index (κ1) is 18.2. The van der Waals surface area contributed by atoms with Gasteiger partial charge >= 0.3 is 5.97 Å². The van der Waals surface area contributed by atoms with Gasteiger partial charge in [-0.05, 0) is 36.6 Å². The van der Waals surface area contributed by atoms with Crippen LogP contribution in [0.25, 0.3) is 6.08 Å². The second-order valence-corrected chi connectivity index (χ2v) is 5.71. The Hall–Kier alpha value is -2.14. The Balaban J connectivity index is 1.73. The number of nitrogens with zero attached hydrogens (tertiary/aromatic N) is 1. The molecular formula is C19H25NO4. The summed E-state index contributed by atoms with van der Waals surface area (Å²) in [6, 6.07) is 7.57. The van der Waals surface area contributed by atoms with E-state index >= 15 is 0 Å². The van der Waals surface area contributed by atoms with Crippen LogP contribution in [0.1, 0.15) is 38.2 Å². The lowest BCUT2D eigenvalue weighted by molar-refractivity contribution is -0.139. The molecule has 0 radical (unpaired) electrons. The fraction of sp³-hybridized carbons (Fsp3) is 0.474. The summed E-state index contributed by atoms with van der Waals surface area (Å²) in [7, 11) is 0. The molecule has 24 heavy (non-hydrogen) atoms. The van der Waals surface area contributed by atoms with Gasteiger partial charge in [0.15, 0.2) is 0 Å². The highest BCUT2D eigenvalue weighted by Crippen LogP contribution is 2.21. The first-order valence-corrected chi connectivity index (χ1v) is 8.53. The number of benzene rings is 1. The average Bonchev–Trinajstić information content (AvgIpc) is 3.02. The number of unbranched alkanes of at least 4 members (excludes halogenated alkanes) is 1. The van der Waals surface area contributed by atoms with Crippen molar-refractivity contribution in [3.05, 3.63) is 35.9 Å². The molecule has 0 aliphatic carbocycles. The van der Waals surface area contributed by atoms with Crippen molar-refractivity contribution in [1.29, 1.82) is 0 Å². The monoisotopic (exact) mass is 331 g/mol. The van der Waals surface area contributed by atoms with Gasteiger partial charge in [-0.1, -0.05) is 25.5 Å². The zero-order valence-corrected chi connectivity index (χ0v) is 14.2. The predicted octanol–water partition coefficient (Wildman–Crippen LogP) is 3.19. The molecule has 0 aromatic heterocycles. The molecule has 1 fully saturated rings. The minimum atomic E-state index is -0.382. The maximum atomic E-state index is 11.7.